The average molecular weight is 233 g/mol. The Kier molecular flexibility index (Phi) is 3.17. The minimum absolute atomic E-state index is 0.452. The van der Waals surface area contributed by atoms with E-state index < -0.39 is 5.54 Å². The largest absolute Gasteiger partial charge is 0.383 e. The Morgan fingerprint density at radius 2 is 2.06 bits per heavy atom. The molecule has 2 N–H and O–H groups in total. The fraction of sp³-hybridized carbons (Fsp3) is 0.462. The zero-order valence-electron chi connectivity index (χ0n) is 10.6. The highest BCUT2D eigenvalue weighted by molar-refractivity contribution is 5.76. The third kappa shape index (κ3) is 2.33. The van der Waals surface area contributed by atoms with Crippen LogP contribution < -0.4 is 5.73 Å². The maximum atomic E-state index is 6.17. The lowest BCUT2D eigenvalue weighted by molar-refractivity contribution is 0.186. The molecule has 4 nitrogen and oxygen atoms in total. The lowest BCUT2D eigenvalue weighted by Gasteiger charge is -2.20. The van der Waals surface area contributed by atoms with Crippen molar-refractivity contribution in [3.05, 3.63) is 30.1 Å². The SMILES string of the molecule is COCCn1c(C(C)(C)N)nc2ccccc21. The summed E-state index contributed by atoms with van der Waals surface area (Å²) in [6.07, 6.45) is 0. The number of ether oxygens (including phenoxy) is 1. The first-order chi connectivity index (χ1) is 8.04. The highest BCUT2D eigenvalue weighted by atomic mass is 16.5. The first-order valence-electron chi connectivity index (χ1n) is 5.77. The van der Waals surface area contributed by atoms with Crippen LogP contribution in [0.1, 0.15) is 19.7 Å². The highest BCUT2D eigenvalue weighted by Gasteiger charge is 2.22. The third-order valence-electron chi connectivity index (χ3n) is 2.75. The van der Waals surface area contributed by atoms with Crippen LogP contribution in [0.4, 0.5) is 0 Å². The van der Waals surface area contributed by atoms with E-state index in [0.717, 1.165) is 23.4 Å². The van der Waals surface area contributed by atoms with Gasteiger partial charge < -0.3 is 15.0 Å². The zero-order chi connectivity index (χ0) is 12.5. The predicted molar refractivity (Wildman–Crippen MR) is 68.8 cm³/mol. The van der Waals surface area contributed by atoms with Crippen LogP contribution in [0, 0.1) is 0 Å². The molecule has 1 aromatic carbocycles. The molecule has 0 fully saturated rings. The number of nitrogens with zero attached hydrogens (tertiary/aromatic N) is 2. The van der Waals surface area contributed by atoms with Crippen LogP contribution in [0.15, 0.2) is 24.3 Å². The Morgan fingerprint density at radius 3 is 2.71 bits per heavy atom. The first-order valence-corrected chi connectivity index (χ1v) is 5.77. The van der Waals surface area contributed by atoms with Crippen molar-refractivity contribution in [2.75, 3.05) is 13.7 Å². The summed E-state index contributed by atoms with van der Waals surface area (Å²) < 4.78 is 7.28. The predicted octanol–water partition coefficient (Wildman–Crippen LogP) is 1.88. The van der Waals surface area contributed by atoms with Gasteiger partial charge in [0.05, 0.1) is 23.2 Å². The van der Waals surface area contributed by atoms with Gasteiger partial charge >= 0.3 is 0 Å². The monoisotopic (exact) mass is 233 g/mol. The Hall–Kier alpha value is -1.39. The molecule has 92 valence electrons. The van der Waals surface area contributed by atoms with E-state index in [-0.39, 0.29) is 0 Å². The third-order valence-corrected chi connectivity index (χ3v) is 2.75. The van der Waals surface area contributed by atoms with Crippen LogP contribution in [0.2, 0.25) is 0 Å². The molecule has 1 aromatic heterocycles. The van der Waals surface area contributed by atoms with Gasteiger partial charge in [-0.3, -0.25) is 0 Å². The Bertz CT molecular complexity index is 511. The van der Waals surface area contributed by atoms with Gasteiger partial charge in [0.25, 0.3) is 0 Å². The molecule has 1 heterocycles. The Morgan fingerprint density at radius 1 is 1.35 bits per heavy atom. The van der Waals surface area contributed by atoms with Gasteiger partial charge in [-0.05, 0) is 26.0 Å². The van der Waals surface area contributed by atoms with E-state index in [9.17, 15) is 0 Å². The normalized spacial score (nSPS) is 12.2. The van der Waals surface area contributed by atoms with E-state index in [0.29, 0.717) is 6.61 Å². The molecule has 17 heavy (non-hydrogen) atoms. The van der Waals surface area contributed by atoms with Crippen molar-refractivity contribution >= 4 is 11.0 Å². The summed E-state index contributed by atoms with van der Waals surface area (Å²) >= 11 is 0. The maximum Gasteiger partial charge on any atom is 0.129 e. The van der Waals surface area contributed by atoms with E-state index in [2.05, 4.69) is 15.6 Å². The molecule has 0 aliphatic heterocycles. The van der Waals surface area contributed by atoms with Crippen molar-refractivity contribution in [3.8, 4) is 0 Å². The molecule has 0 amide bonds. The molecule has 0 unspecified atom stereocenters. The van der Waals surface area contributed by atoms with Crippen molar-refractivity contribution in [3.63, 3.8) is 0 Å². The number of imidazole rings is 1. The number of nitrogens with two attached hydrogens (primary N) is 1. The summed E-state index contributed by atoms with van der Waals surface area (Å²) in [5.74, 6) is 0.899. The van der Waals surface area contributed by atoms with Crippen LogP contribution in [-0.2, 0) is 16.8 Å². The number of rotatable bonds is 4. The molecule has 2 rings (SSSR count). The molecule has 0 saturated heterocycles. The van der Waals surface area contributed by atoms with Gasteiger partial charge in [0.1, 0.15) is 5.82 Å². The summed E-state index contributed by atoms with van der Waals surface area (Å²) in [5, 5.41) is 0. The van der Waals surface area contributed by atoms with Gasteiger partial charge in [-0.15, -0.1) is 0 Å². The molecule has 0 saturated carbocycles. The number of benzene rings is 1. The number of hydrogen-bond donors (Lipinski definition) is 1. The smallest absolute Gasteiger partial charge is 0.129 e. The standard InChI is InChI=1S/C13H19N3O/c1-13(2,14)12-15-10-6-4-5-7-11(10)16(12)8-9-17-3/h4-7H,8-9,14H2,1-3H3. The first kappa shape index (κ1) is 12.1. The van der Waals surface area contributed by atoms with E-state index in [4.69, 9.17) is 10.5 Å². The quantitative estimate of drug-likeness (QED) is 0.877. The average Bonchev–Trinajstić information content (AvgIpc) is 2.65. The van der Waals surface area contributed by atoms with Crippen molar-refractivity contribution in [1.29, 1.82) is 0 Å². The summed E-state index contributed by atoms with van der Waals surface area (Å²) in [4.78, 5) is 4.62. The van der Waals surface area contributed by atoms with Crippen LogP contribution in [0.3, 0.4) is 0 Å². The molecule has 0 aliphatic carbocycles. The Balaban J connectivity index is 2.57. The molecule has 0 radical (unpaired) electrons. The molecule has 0 bridgehead atoms. The summed E-state index contributed by atoms with van der Waals surface area (Å²) in [7, 11) is 1.70. The fourth-order valence-corrected chi connectivity index (χ4v) is 1.98. The molecule has 0 spiro atoms. The fourth-order valence-electron chi connectivity index (χ4n) is 1.98. The van der Waals surface area contributed by atoms with Gasteiger partial charge in [0.15, 0.2) is 0 Å². The molecule has 0 aliphatic rings. The van der Waals surface area contributed by atoms with Crippen LogP contribution in [0.5, 0.6) is 0 Å². The lowest BCUT2D eigenvalue weighted by Crippen LogP contribution is -2.33. The second kappa shape index (κ2) is 4.47. The van der Waals surface area contributed by atoms with Gasteiger partial charge in [0, 0.05) is 13.7 Å². The minimum Gasteiger partial charge on any atom is -0.383 e. The zero-order valence-corrected chi connectivity index (χ0v) is 10.6. The van der Waals surface area contributed by atoms with Gasteiger partial charge in [-0.25, -0.2) is 4.98 Å². The maximum absolute atomic E-state index is 6.17. The number of methoxy groups -OCH3 is 1. The number of hydrogen-bond acceptors (Lipinski definition) is 3. The second-order valence-corrected chi connectivity index (χ2v) is 4.79. The van der Waals surface area contributed by atoms with Crippen LogP contribution in [-0.4, -0.2) is 23.3 Å². The van der Waals surface area contributed by atoms with Gasteiger partial charge in [0.2, 0.25) is 0 Å². The van der Waals surface area contributed by atoms with Crippen molar-refractivity contribution in [2.45, 2.75) is 25.9 Å². The van der Waals surface area contributed by atoms with Crippen molar-refractivity contribution in [1.82, 2.24) is 9.55 Å². The van der Waals surface area contributed by atoms with E-state index >= 15 is 0 Å². The summed E-state index contributed by atoms with van der Waals surface area (Å²) in [5.41, 5.74) is 7.81. The van der Waals surface area contributed by atoms with Crippen LogP contribution in [0.25, 0.3) is 11.0 Å². The number of fused-ring (bicyclic) bond motifs is 1. The van der Waals surface area contributed by atoms with Gasteiger partial charge in [-0.1, -0.05) is 12.1 Å². The number of aromatic nitrogens is 2. The Labute approximate surface area is 101 Å². The molecular formula is C13H19N3O. The summed E-state index contributed by atoms with van der Waals surface area (Å²) in [6.45, 7) is 5.37. The summed E-state index contributed by atoms with van der Waals surface area (Å²) in [6, 6.07) is 8.07. The van der Waals surface area contributed by atoms with Crippen molar-refractivity contribution < 1.29 is 4.74 Å². The van der Waals surface area contributed by atoms with Crippen LogP contribution >= 0.6 is 0 Å². The molecule has 4 heteroatoms. The molecular weight excluding hydrogens is 214 g/mol. The topological polar surface area (TPSA) is 53.1 Å². The second-order valence-electron chi connectivity index (χ2n) is 4.79. The number of para-hydroxylation sites is 2. The minimum atomic E-state index is -0.452. The van der Waals surface area contributed by atoms with Gasteiger partial charge in [-0.2, -0.15) is 0 Å². The van der Waals surface area contributed by atoms with E-state index in [1.807, 2.05) is 32.0 Å². The lowest BCUT2D eigenvalue weighted by atomic mass is 10.1. The van der Waals surface area contributed by atoms with Crippen molar-refractivity contribution in [2.24, 2.45) is 5.73 Å². The molecule has 0 atom stereocenters. The van der Waals surface area contributed by atoms with E-state index in [1.54, 1.807) is 7.11 Å². The molecule has 2 aromatic rings. The van der Waals surface area contributed by atoms with E-state index in [1.165, 1.54) is 0 Å². The highest BCUT2D eigenvalue weighted by Crippen LogP contribution is 2.22.